The number of rotatable bonds is 3. The first-order chi connectivity index (χ1) is 11.3. The lowest BCUT2D eigenvalue weighted by molar-refractivity contribution is -0.384. The number of aromatic nitrogens is 2. The van der Waals surface area contributed by atoms with Crippen molar-refractivity contribution in [3.8, 4) is 0 Å². The molecule has 2 atom stereocenters. The normalized spacial score (nSPS) is 21.6. The van der Waals surface area contributed by atoms with Crippen LogP contribution in [0.15, 0.2) is 15.0 Å². The molecule has 2 aromatic rings. The van der Waals surface area contributed by atoms with Crippen LogP contribution in [0.2, 0.25) is 0 Å². The van der Waals surface area contributed by atoms with Crippen LogP contribution in [0.4, 0.5) is 5.69 Å². The van der Waals surface area contributed by atoms with Crippen LogP contribution in [0.3, 0.4) is 0 Å². The van der Waals surface area contributed by atoms with Crippen molar-refractivity contribution >= 4 is 48.6 Å². The van der Waals surface area contributed by atoms with Crippen molar-refractivity contribution in [1.82, 2.24) is 9.55 Å². The van der Waals surface area contributed by atoms with Crippen molar-refractivity contribution in [2.75, 3.05) is 0 Å². The van der Waals surface area contributed by atoms with Crippen molar-refractivity contribution in [2.24, 2.45) is 5.73 Å². The molecule has 1 aliphatic carbocycles. The van der Waals surface area contributed by atoms with Crippen LogP contribution in [-0.4, -0.2) is 20.5 Å². The van der Waals surface area contributed by atoms with E-state index >= 15 is 0 Å². The third kappa shape index (κ3) is 2.99. The number of hydrogen-bond donors (Lipinski definition) is 1. The molecule has 0 spiro atoms. The Labute approximate surface area is 157 Å². The average Bonchev–Trinajstić information content (AvgIpc) is 2.86. The summed E-state index contributed by atoms with van der Waals surface area (Å²) < 4.78 is 3.22. The van der Waals surface area contributed by atoms with E-state index in [0.717, 1.165) is 37.0 Å². The molecule has 0 radical (unpaired) electrons. The fourth-order valence-electron chi connectivity index (χ4n) is 3.64. The summed E-state index contributed by atoms with van der Waals surface area (Å²) in [6, 6.07) is 2.25. The summed E-state index contributed by atoms with van der Waals surface area (Å²) in [4.78, 5) is 16.0. The number of nitrogens with two attached hydrogens (primary N) is 1. The van der Waals surface area contributed by atoms with E-state index in [1.54, 1.807) is 0 Å². The number of nitro benzene ring substituents is 1. The average molecular weight is 460 g/mol. The summed E-state index contributed by atoms with van der Waals surface area (Å²) in [6.07, 6.45) is 4.02. The lowest BCUT2D eigenvalue weighted by Gasteiger charge is -2.27. The molecule has 3 rings (SSSR count). The van der Waals surface area contributed by atoms with Gasteiger partial charge in [0.15, 0.2) is 5.52 Å². The summed E-state index contributed by atoms with van der Waals surface area (Å²) in [7, 11) is 0. The van der Waals surface area contributed by atoms with Crippen molar-refractivity contribution in [3.05, 3.63) is 31.0 Å². The van der Waals surface area contributed by atoms with Crippen LogP contribution in [-0.2, 0) is 0 Å². The monoisotopic (exact) mass is 458 g/mol. The Hall–Kier alpha value is -0.990. The summed E-state index contributed by atoms with van der Waals surface area (Å²) >= 11 is 6.74. The summed E-state index contributed by atoms with van der Waals surface area (Å²) in [5.74, 6) is 1.17. The first-order valence-corrected chi connectivity index (χ1v) is 9.69. The number of benzene rings is 1. The highest BCUT2D eigenvalue weighted by atomic mass is 79.9. The van der Waals surface area contributed by atoms with E-state index in [1.165, 1.54) is 0 Å². The Bertz CT molecular complexity index is 803. The second-order valence-electron chi connectivity index (χ2n) is 6.70. The van der Waals surface area contributed by atoms with Gasteiger partial charge in [-0.05, 0) is 71.0 Å². The molecule has 0 bridgehead atoms. The van der Waals surface area contributed by atoms with Crippen molar-refractivity contribution < 1.29 is 4.92 Å². The minimum Gasteiger partial charge on any atom is -0.328 e. The predicted octanol–water partition coefficient (Wildman–Crippen LogP) is 5.04. The SMILES string of the molecule is CC(C)n1c(C2CCCC(N)C2)nc2c([N+](=O)[O-])c(Br)c(Br)cc21. The number of hydrogen-bond acceptors (Lipinski definition) is 4. The lowest BCUT2D eigenvalue weighted by atomic mass is 9.85. The topological polar surface area (TPSA) is 87.0 Å². The van der Waals surface area contributed by atoms with Crippen molar-refractivity contribution in [2.45, 2.75) is 57.5 Å². The first kappa shape index (κ1) is 17.8. The molecule has 1 aromatic carbocycles. The van der Waals surface area contributed by atoms with E-state index in [2.05, 4.69) is 50.3 Å². The summed E-state index contributed by atoms with van der Waals surface area (Å²) in [5.41, 5.74) is 7.40. The van der Waals surface area contributed by atoms with Crippen LogP contribution in [0.5, 0.6) is 0 Å². The van der Waals surface area contributed by atoms with Gasteiger partial charge in [-0.25, -0.2) is 4.98 Å². The van der Waals surface area contributed by atoms with Crippen LogP contribution in [0, 0.1) is 10.1 Å². The maximum atomic E-state index is 11.6. The van der Waals surface area contributed by atoms with Crippen LogP contribution >= 0.6 is 31.9 Å². The van der Waals surface area contributed by atoms with Gasteiger partial charge in [-0.2, -0.15) is 0 Å². The molecule has 1 saturated carbocycles. The van der Waals surface area contributed by atoms with Gasteiger partial charge in [0.05, 0.1) is 10.4 Å². The zero-order valence-electron chi connectivity index (χ0n) is 13.6. The molecule has 1 aliphatic rings. The molecule has 130 valence electrons. The third-order valence-corrected chi connectivity index (χ3v) is 6.62. The highest BCUT2D eigenvalue weighted by Gasteiger charge is 2.31. The lowest BCUT2D eigenvalue weighted by Crippen LogP contribution is -2.28. The maximum absolute atomic E-state index is 11.6. The Morgan fingerprint density at radius 3 is 2.71 bits per heavy atom. The van der Waals surface area contributed by atoms with Gasteiger partial charge in [0.25, 0.3) is 0 Å². The standard InChI is InChI=1S/C16H20Br2N4O2/c1-8(2)21-12-7-11(17)13(18)15(22(23)24)14(12)20-16(21)9-4-3-5-10(19)6-9/h7-10H,3-6,19H2,1-2H3. The molecule has 1 aromatic heterocycles. The predicted molar refractivity (Wildman–Crippen MR) is 101 cm³/mol. The van der Waals surface area contributed by atoms with E-state index in [-0.39, 0.29) is 28.6 Å². The van der Waals surface area contributed by atoms with E-state index in [0.29, 0.717) is 14.5 Å². The van der Waals surface area contributed by atoms with Gasteiger partial charge in [-0.3, -0.25) is 10.1 Å². The van der Waals surface area contributed by atoms with Crippen molar-refractivity contribution in [1.29, 1.82) is 0 Å². The highest BCUT2D eigenvalue weighted by Crippen LogP contribution is 2.42. The molecular formula is C16H20Br2N4O2. The Kier molecular flexibility index (Phi) is 4.99. The van der Waals surface area contributed by atoms with E-state index in [9.17, 15) is 10.1 Å². The van der Waals surface area contributed by atoms with Crippen LogP contribution in [0.25, 0.3) is 11.0 Å². The molecular weight excluding hydrogens is 440 g/mol. The fourth-order valence-corrected chi connectivity index (χ4v) is 4.49. The minimum absolute atomic E-state index is 0.0140. The molecule has 0 amide bonds. The first-order valence-electron chi connectivity index (χ1n) is 8.11. The van der Waals surface area contributed by atoms with Crippen LogP contribution < -0.4 is 5.73 Å². The van der Waals surface area contributed by atoms with Gasteiger partial charge < -0.3 is 10.3 Å². The van der Waals surface area contributed by atoms with E-state index in [4.69, 9.17) is 10.7 Å². The molecule has 0 aliphatic heterocycles. The largest absolute Gasteiger partial charge is 0.328 e. The molecule has 1 heterocycles. The second kappa shape index (κ2) is 6.72. The Morgan fingerprint density at radius 2 is 2.12 bits per heavy atom. The Morgan fingerprint density at radius 1 is 1.42 bits per heavy atom. The van der Waals surface area contributed by atoms with Crippen LogP contribution in [0.1, 0.15) is 57.3 Å². The van der Waals surface area contributed by atoms with Gasteiger partial charge >= 0.3 is 5.69 Å². The number of nitrogens with zero attached hydrogens (tertiary/aromatic N) is 3. The van der Waals surface area contributed by atoms with Gasteiger partial charge in [0, 0.05) is 22.5 Å². The second-order valence-corrected chi connectivity index (χ2v) is 8.35. The molecule has 0 saturated heterocycles. The molecule has 1 fully saturated rings. The number of halogens is 2. The van der Waals surface area contributed by atoms with Crippen molar-refractivity contribution in [3.63, 3.8) is 0 Å². The number of imidazole rings is 1. The zero-order valence-corrected chi connectivity index (χ0v) is 16.8. The molecule has 2 unspecified atom stereocenters. The van der Waals surface area contributed by atoms with Gasteiger partial charge in [-0.15, -0.1) is 0 Å². The third-order valence-electron chi connectivity index (χ3n) is 4.66. The molecule has 6 nitrogen and oxygen atoms in total. The van der Waals surface area contributed by atoms with E-state index in [1.807, 2.05) is 6.07 Å². The quantitative estimate of drug-likeness (QED) is 0.514. The molecule has 8 heteroatoms. The van der Waals surface area contributed by atoms with E-state index < -0.39 is 0 Å². The van der Waals surface area contributed by atoms with Gasteiger partial charge in [0.2, 0.25) is 0 Å². The number of nitro groups is 1. The molecule has 24 heavy (non-hydrogen) atoms. The highest BCUT2D eigenvalue weighted by molar-refractivity contribution is 9.13. The molecule has 2 N–H and O–H groups in total. The van der Waals surface area contributed by atoms with Gasteiger partial charge in [-0.1, -0.05) is 6.42 Å². The summed E-state index contributed by atoms with van der Waals surface area (Å²) in [5, 5.41) is 11.6. The smallest absolute Gasteiger partial charge is 0.312 e. The Balaban J connectivity index is 2.28. The number of fused-ring (bicyclic) bond motifs is 1. The van der Waals surface area contributed by atoms with Gasteiger partial charge in [0.1, 0.15) is 10.3 Å². The maximum Gasteiger partial charge on any atom is 0.312 e. The zero-order chi connectivity index (χ0) is 17.6. The fraction of sp³-hybridized carbons (Fsp3) is 0.562. The summed E-state index contributed by atoms with van der Waals surface area (Å²) in [6.45, 7) is 4.16. The minimum atomic E-state index is -0.370.